The number of carbonyl (C=O) groups is 1. The van der Waals surface area contributed by atoms with Crippen LogP contribution in [-0.4, -0.2) is 55.1 Å². The molecule has 0 saturated heterocycles. The molecule has 3 N–H and O–H groups in total. The molecule has 1 aliphatic heterocycles. The maximum absolute atomic E-state index is 13.8. The predicted molar refractivity (Wildman–Crippen MR) is 134 cm³/mol. The van der Waals surface area contributed by atoms with E-state index < -0.39 is 51.1 Å². The lowest BCUT2D eigenvalue weighted by atomic mass is 9.87. The number of aliphatic hydroxyl groups is 2. The van der Waals surface area contributed by atoms with Crippen LogP contribution in [0.3, 0.4) is 0 Å². The Morgan fingerprint density at radius 1 is 1.00 bits per heavy atom. The molecule has 0 aliphatic carbocycles. The molecule has 0 aromatic heterocycles. The lowest BCUT2D eigenvalue weighted by Gasteiger charge is -2.39. The van der Waals surface area contributed by atoms with Gasteiger partial charge < -0.3 is 15.5 Å². The molecule has 0 radical (unpaired) electrons. The van der Waals surface area contributed by atoms with Gasteiger partial charge in [-0.3, -0.25) is 9.10 Å². The predicted octanol–water partition coefficient (Wildman–Crippen LogP) is 4.48. The second kappa shape index (κ2) is 10.9. The topological polar surface area (TPSA) is 107 Å². The molecule has 0 fully saturated rings. The van der Waals surface area contributed by atoms with Crippen molar-refractivity contribution >= 4 is 21.6 Å². The van der Waals surface area contributed by atoms with Crippen LogP contribution in [-0.2, 0) is 26.8 Å². The molecule has 14 heteroatoms. The van der Waals surface area contributed by atoms with Crippen LogP contribution >= 0.6 is 0 Å². The lowest BCUT2D eigenvalue weighted by Crippen LogP contribution is -2.54. The van der Waals surface area contributed by atoms with Crippen LogP contribution in [0.25, 0.3) is 0 Å². The van der Waals surface area contributed by atoms with Crippen molar-refractivity contribution < 1.29 is 49.8 Å². The number of halogens is 6. The van der Waals surface area contributed by atoms with E-state index in [1.54, 1.807) is 20.8 Å². The largest absolute Gasteiger partial charge is 0.430 e. The van der Waals surface area contributed by atoms with Crippen LogP contribution in [0.2, 0.25) is 0 Å². The van der Waals surface area contributed by atoms with Crippen molar-refractivity contribution in [2.75, 3.05) is 10.8 Å². The van der Waals surface area contributed by atoms with Crippen molar-refractivity contribution in [3.8, 4) is 0 Å². The monoisotopic (exact) mass is 596 g/mol. The molecule has 0 bridgehead atoms. The molecule has 7 nitrogen and oxygen atoms in total. The summed E-state index contributed by atoms with van der Waals surface area (Å²) in [4.78, 5) is 12.5. The van der Waals surface area contributed by atoms with Crippen LogP contribution in [0, 0.1) is 6.92 Å². The molecule has 0 spiro atoms. The minimum Gasteiger partial charge on any atom is -0.390 e. The van der Waals surface area contributed by atoms with Crippen LogP contribution < -0.4 is 9.62 Å². The summed E-state index contributed by atoms with van der Waals surface area (Å²) in [5.41, 5.74) is -7.36. The third kappa shape index (κ3) is 6.39. The van der Waals surface area contributed by atoms with Crippen LogP contribution in [0.1, 0.15) is 49.8 Å². The Morgan fingerprint density at radius 3 is 2.10 bits per heavy atom. The van der Waals surface area contributed by atoms with Crippen molar-refractivity contribution in [1.29, 1.82) is 0 Å². The average Bonchev–Trinajstić information content (AvgIpc) is 2.81. The van der Waals surface area contributed by atoms with Gasteiger partial charge in [0, 0.05) is 18.5 Å². The highest BCUT2D eigenvalue weighted by molar-refractivity contribution is 7.92. The molecule has 0 unspecified atom stereocenters. The number of hydrogen-bond donors (Lipinski definition) is 3. The minimum atomic E-state index is -6.11. The number of anilines is 1. The number of hydrogen-bond acceptors (Lipinski definition) is 5. The minimum absolute atomic E-state index is 0.0905. The number of fused-ring (bicyclic) bond motifs is 1. The van der Waals surface area contributed by atoms with Crippen molar-refractivity contribution in [2.45, 2.75) is 80.9 Å². The first-order chi connectivity index (χ1) is 18.2. The zero-order valence-electron chi connectivity index (χ0n) is 21.9. The lowest BCUT2D eigenvalue weighted by molar-refractivity contribution is -0.376. The van der Waals surface area contributed by atoms with Gasteiger partial charge in [-0.15, -0.1) is 0 Å². The molecule has 40 heavy (non-hydrogen) atoms. The van der Waals surface area contributed by atoms with Crippen LogP contribution in [0.15, 0.2) is 47.4 Å². The third-order valence-electron chi connectivity index (χ3n) is 6.69. The van der Waals surface area contributed by atoms with E-state index in [0.29, 0.717) is 12.1 Å². The average molecular weight is 597 g/mol. The number of alkyl halides is 6. The van der Waals surface area contributed by atoms with E-state index >= 15 is 0 Å². The van der Waals surface area contributed by atoms with E-state index in [9.17, 15) is 49.8 Å². The van der Waals surface area contributed by atoms with E-state index in [1.165, 1.54) is 24.3 Å². The molecule has 1 atom stereocenters. The molecular formula is C26H30F6N2O5S. The number of benzene rings is 2. The van der Waals surface area contributed by atoms with Gasteiger partial charge in [-0.1, -0.05) is 29.8 Å². The molecule has 2 aromatic carbocycles. The molecule has 3 rings (SSSR count). The van der Waals surface area contributed by atoms with Crippen molar-refractivity contribution in [3.63, 3.8) is 0 Å². The summed E-state index contributed by atoms with van der Waals surface area (Å²) in [6.45, 7) is 4.89. The Labute approximate surface area is 227 Å². The number of amides is 1. The first-order valence-electron chi connectivity index (χ1n) is 12.3. The second-order valence-electron chi connectivity index (χ2n) is 10.5. The first-order valence-corrected chi connectivity index (χ1v) is 13.7. The quantitative estimate of drug-likeness (QED) is 0.390. The Kier molecular flexibility index (Phi) is 8.60. The number of rotatable bonds is 8. The van der Waals surface area contributed by atoms with E-state index in [0.717, 1.165) is 15.9 Å². The fourth-order valence-corrected chi connectivity index (χ4v) is 6.20. The van der Waals surface area contributed by atoms with Gasteiger partial charge in [-0.2, -0.15) is 26.3 Å². The Morgan fingerprint density at radius 2 is 1.57 bits per heavy atom. The van der Waals surface area contributed by atoms with E-state index in [4.69, 9.17) is 0 Å². The molecule has 222 valence electrons. The van der Waals surface area contributed by atoms with Crippen molar-refractivity contribution in [1.82, 2.24) is 5.32 Å². The highest BCUT2D eigenvalue weighted by atomic mass is 32.2. The Balaban J connectivity index is 2.07. The van der Waals surface area contributed by atoms with Gasteiger partial charge >= 0.3 is 12.4 Å². The molecule has 0 saturated carbocycles. The SMILES string of the molecule is Cc1ccc(S(=O)(=O)N2c3ccc(C(O)(C(F)(F)F)C(F)(F)F)cc3CC[C@H]2CC(=O)NCCC(C)(C)O)cc1. The van der Waals surface area contributed by atoms with Gasteiger partial charge in [0.05, 0.1) is 22.2 Å². The van der Waals surface area contributed by atoms with Crippen molar-refractivity contribution in [2.24, 2.45) is 0 Å². The summed E-state index contributed by atoms with van der Waals surface area (Å²) in [7, 11) is -4.43. The summed E-state index contributed by atoms with van der Waals surface area (Å²) in [5, 5.41) is 22.3. The van der Waals surface area contributed by atoms with Gasteiger partial charge in [-0.25, -0.2) is 8.42 Å². The van der Waals surface area contributed by atoms with E-state index in [1.807, 2.05) is 0 Å². The standard InChI is InChI=1S/C26H30F6N2O5S/c1-16-4-9-20(10-5-16)40(38,39)34-19(15-22(35)33-13-12-23(2,3)36)8-6-17-14-18(7-11-21(17)34)24(37,25(27,28)29)26(30,31)32/h4-5,7,9-11,14,19,36-37H,6,8,12-13,15H2,1-3H3,(H,33,35)/t19-/m0/s1. The normalized spacial score (nSPS) is 17.0. The number of sulfonamides is 1. The molecule has 1 amide bonds. The smallest absolute Gasteiger partial charge is 0.390 e. The maximum atomic E-state index is 13.8. The highest BCUT2D eigenvalue weighted by Gasteiger charge is 2.71. The molecule has 1 aliphatic rings. The fourth-order valence-electron chi connectivity index (χ4n) is 4.48. The van der Waals surface area contributed by atoms with Crippen LogP contribution in [0.5, 0.6) is 0 Å². The molecule has 2 aromatic rings. The molecular weight excluding hydrogens is 566 g/mol. The number of aryl methyl sites for hydroxylation is 2. The van der Waals surface area contributed by atoms with Crippen LogP contribution in [0.4, 0.5) is 32.0 Å². The zero-order chi connectivity index (χ0) is 30.3. The Bertz CT molecular complexity index is 1320. The second-order valence-corrected chi connectivity index (χ2v) is 12.3. The maximum Gasteiger partial charge on any atom is 0.430 e. The van der Waals surface area contributed by atoms with Gasteiger partial charge in [0.1, 0.15) is 0 Å². The zero-order valence-corrected chi connectivity index (χ0v) is 22.7. The van der Waals surface area contributed by atoms with Gasteiger partial charge in [0.15, 0.2) is 0 Å². The van der Waals surface area contributed by atoms with Gasteiger partial charge in [-0.05, 0) is 63.8 Å². The first kappa shape index (κ1) is 31.7. The highest BCUT2D eigenvalue weighted by Crippen LogP contribution is 2.51. The van der Waals surface area contributed by atoms with Gasteiger partial charge in [0.25, 0.3) is 15.6 Å². The summed E-state index contributed by atoms with van der Waals surface area (Å²) in [6, 6.07) is 6.32. The third-order valence-corrected chi connectivity index (χ3v) is 8.57. The van der Waals surface area contributed by atoms with Crippen molar-refractivity contribution in [3.05, 3.63) is 59.2 Å². The number of nitrogens with one attached hydrogen (secondary N) is 1. The summed E-state index contributed by atoms with van der Waals surface area (Å²) in [6.07, 6.45) is -12.6. The van der Waals surface area contributed by atoms with E-state index in [2.05, 4.69) is 5.32 Å². The number of nitrogens with zero attached hydrogens (tertiary/aromatic N) is 1. The summed E-state index contributed by atoms with van der Waals surface area (Å²) >= 11 is 0. The van der Waals surface area contributed by atoms with E-state index in [-0.39, 0.29) is 48.4 Å². The summed E-state index contributed by atoms with van der Waals surface area (Å²) in [5.74, 6) is -0.554. The molecule has 1 heterocycles. The fraction of sp³-hybridized carbons (Fsp3) is 0.500. The van der Waals surface area contributed by atoms with Gasteiger partial charge in [0.2, 0.25) is 5.91 Å². The number of carbonyl (C=O) groups excluding carboxylic acids is 1. The summed E-state index contributed by atoms with van der Waals surface area (Å²) < 4.78 is 109. The Hall–Kier alpha value is -2.84.